The zero-order valence-electron chi connectivity index (χ0n) is 12.4. The molecule has 0 unspecified atom stereocenters. The van der Waals surface area contributed by atoms with Crippen LogP contribution in [-0.4, -0.2) is 20.9 Å². The average molecular weight is 320 g/mol. The van der Waals surface area contributed by atoms with Gasteiger partial charge in [-0.05, 0) is 30.5 Å². The third-order valence-corrected chi connectivity index (χ3v) is 4.06. The van der Waals surface area contributed by atoms with E-state index < -0.39 is 0 Å². The van der Waals surface area contributed by atoms with Gasteiger partial charge in [-0.2, -0.15) is 0 Å². The molecule has 2 aromatic rings. The standard InChI is InChI=1S/C16H18ClN3O2/c1-11(21)18-13-9-12-5-4-8-20-15(12)14(10-13)19(16(20)22)7-3-2-6-17/h2-3,9-10H,4-8H2,1H3,(H,18,21)/b3-2-. The molecule has 6 heteroatoms. The Balaban J connectivity index is 2.20. The van der Waals surface area contributed by atoms with Gasteiger partial charge in [0, 0.05) is 31.6 Å². The molecule has 1 aromatic heterocycles. The highest BCUT2D eigenvalue weighted by Gasteiger charge is 2.20. The molecular weight excluding hydrogens is 302 g/mol. The Hall–Kier alpha value is -2.01. The van der Waals surface area contributed by atoms with E-state index in [1.807, 2.05) is 28.9 Å². The summed E-state index contributed by atoms with van der Waals surface area (Å²) in [6.45, 7) is 2.71. The van der Waals surface area contributed by atoms with Crippen molar-refractivity contribution in [3.8, 4) is 0 Å². The second kappa shape index (κ2) is 6.01. The van der Waals surface area contributed by atoms with Crippen molar-refractivity contribution in [1.29, 1.82) is 0 Å². The van der Waals surface area contributed by atoms with E-state index in [2.05, 4.69) is 5.32 Å². The average Bonchev–Trinajstić information content (AvgIpc) is 2.74. The maximum absolute atomic E-state index is 12.6. The van der Waals surface area contributed by atoms with E-state index in [1.165, 1.54) is 6.92 Å². The molecule has 22 heavy (non-hydrogen) atoms. The summed E-state index contributed by atoms with van der Waals surface area (Å²) in [5.74, 6) is 0.313. The Morgan fingerprint density at radius 3 is 2.95 bits per heavy atom. The van der Waals surface area contributed by atoms with Gasteiger partial charge in [0.1, 0.15) is 0 Å². The van der Waals surface area contributed by atoms with Gasteiger partial charge >= 0.3 is 5.69 Å². The number of anilines is 1. The van der Waals surface area contributed by atoms with Crippen LogP contribution in [0.15, 0.2) is 29.1 Å². The quantitative estimate of drug-likeness (QED) is 0.695. The fourth-order valence-electron chi connectivity index (χ4n) is 3.06. The number of nitrogens with one attached hydrogen (secondary N) is 1. The molecule has 1 N–H and O–H groups in total. The summed E-state index contributed by atoms with van der Waals surface area (Å²) < 4.78 is 3.57. The minimum absolute atomic E-state index is 0.00449. The molecule has 0 aliphatic carbocycles. The SMILES string of the molecule is CC(=O)Nc1cc2c3c(c1)n(C/C=C\CCl)c(=O)n3CCC2. The number of nitrogens with zero attached hydrogens (tertiary/aromatic N) is 2. The lowest BCUT2D eigenvalue weighted by Crippen LogP contribution is -2.25. The number of rotatable bonds is 4. The van der Waals surface area contributed by atoms with Gasteiger partial charge in [0.05, 0.1) is 11.0 Å². The maximum Gasteiger partial charge on any atom is 0.329 e. The zero-order chi connectivity index (χ0) is 15.7. The Morgan fingerprint density at radius 2 is 2.23 bits per heavy atom. The predicted octanol–water partition coefficient (Wildman–Crippen LogP) is 2.50. The smallest absolute Gasteiger partial charge is 0.326 e. The highest BCUT2D eigenvalue weighted by atomic mass is 35.5. The maximum atomic E-state index is 12.6. The van der Waals surface area contributed by atoms with Crippen molar-refractivity contribution in [1.82, 2.24) is 9.13 Å². The Labute approximate surface area is 133 Å². The number of hydrogen-bond donors (Lipinski definition) is 1. The van der Waals surface area contributed by atoms with Crippen LogP contribution < -0.4 is 11.0 Å². The molecule has 0 atom stereocenters. The summed E-state index contributed by atoms with van der Waals surface area (Å²) in [5.41, 5.74) is 3.71. The number of imidazole rings is 1. The van der Waals surface area contributed by atoms with Gasteiger partial charge < -0.3 is 5.32 Å². The molecule has 1 aliphatic rings. The van der Waals surface area contributed by atoms with Gasteiger partial charge in [0.25, 0.3) is 0 Å². The Morgan fingerprint density at radius 1 is 1.41 bits per heavy atom. The number of carbonyl (C=O) groups is 1. The highest BCUT2D eigenvalue weighted by molar-refractivity contribution is 6.18. The summed E-state index contributed by atoms with van der Waals surface area (Å²) in [6.07, 6.45) is 5.58. The molecular formula is C16H18ClN3O2. The van der Waals surface area contributed by atoms with Crippen molar-refractivity contribution in [2.45, 2.75) is 32.9 Å². The molecule has 2 heterocycles. The highest BCUT2D eigenvalue weighted by Crippen LogP contribution is 2.28. The van der Waals surface area contributed by atoms with Crippen LogP contribution in [0.2, 0.25) is 0 Å². The molecule has 0 bridgehead atoms. The Kier molecular flexibility index (Phi) is 4.07. The second-order valence-corrected chi connectivity index (χ2v) is 5.77. The summed E-state index contributed by atoms with van der Waals surface area (Å²) in [6, 6.07) is 3.84. The number of benzene rings is 1. The first-order chi connectivity index (χ1) is 10.6. The summed E-state index contributed by atoms with van der Waals surface area (Å²) in [4.78, 5) is 23.9. The van der Waals surface area contributed by atoms with Crippen molar-refractivity contribution in [3.05, 3.63) is 40.3 Å². The second-order valence-electron chi connectivity index (χ2n) is 5.46. The van der Waals surface area contributed by atoms with E-state index in [0.717, 1.165) is 41.7 Å². The van der Waals surface area contributed by atoms with Crippen molar-refractivity contribution in [3.63, 3.8) is 0 Å². The number of aromatic nitrogens is 2. The lowest BCUT2D eigenvalue weighted by Gasteiger charge is -2.15. The first-order valence-electron chi connectivity index (χ1n) is 7.36. The van der Waals surface area contributed by atoms with Crippen LogP contribution in [-0.2, 0) is 24.3 Å². The molecule has 0 saturated carbocycles. The molecule has 1 aliphatic heterocycles. The van der Waals surface area contributed by atoms with Gasteiger partial charge in [0.15, 0.2) is 0 Å². The van der Waals surface area contributed by atoms with Crippen LogP contribution in [0.5, 0.6) is 0 Å². The summed E-state index contributed by atoms with van der Waals surface area (Å²) in [7, 11) is 0. The van der Waals surface area contributed by atoms with Crippen LogP contribution in [0.4, 0.5) is 5.69 Å². The zero-order valence-corrected chi connectivity index (χ0v) is 13.2. The van der Waals surface area contributed by atoms with Gasteiger partial charge in [-0.15, -0.1) is 11.6 Å². The molecule has 3 rings (SSSR count). The van der Waals surface area contributed by atoms with E-state index in [-0.39, 0.29) is 11.6 Å². The number of alkyl halides is 1. The number of carbonyl (C=O) groups excluding carboxylic acids is 1. The molecule has 5 nitrogen and oxygen atoms in total. The monoisotopic (exact) mass is 319 g/mol. The Bertz CT molecular complexity index is 817. The first-order valence-corrected chi connectivity index (χ1v) is 7.89. The number of hydrogen-bond acceptors (Lipinski definition) is 2. The van der Waals surface area contributed by atoms with E-state index in [4.69, 9.17) is 11.6 Å². The van der Waals surface area contributed by atoms with Crippen molar-refractivity contribution in [2.75, 3.05) is 11.2 Å². The van der Waals surface area contributed by atoms with Crippen molar-refractivity contribution >= 4 is 34.2 Å². The fraction of sp³-hybridized carbons (Fsp3) is 0.375. The summed E-state index contributed by atoms with van der Waals surface area (Å²) >= 11 is 5.65. The summed E-state index contributed by atoms with van der Waals surface area (Å²) in [5, 5.41) is 2.82. The van der Waals surface area contributed by atoms with Gasteiger partial charge in [-0.1, -0.05) is 12.2 Å². The number of halogens is 1. The molecule has 0 spiro atoms. The molecule has 0 radical (unpaired) electrons. The van der Waals surface area contributed by atoms with Crippen molar-refractivity contribution in [2.24, 2.45) is 0 Å². The number of allylic oxidation sites excluding steroid dienone is 2. The van der Waals surface area contributed by atoms with Gasteiger partial charge in [0.2, 0.25) is 5.91 Å². The van der Waals surface area contributed by atoms with E-state index in [1.54, 1.807) is 4.57 Å². The molecule has 1 aromatic carbocycles. The van der Waals surface area contributed by atoms with Gasteiger partial charge in [-0.25, -0.2) is 4.79 Å². The lowest BCUT2D eigenvalue weighted by molar-refractivity contribution is -0.114. The number of aryl methyl sites for hydroxylation is 2. The lowest BCUT2D eigenvalue weighted by atomic mass is 10.0. The third kappa shape index (κ3) is 2.57. The van der Waals surface area contributed by atoms with Crippen LogP contribution in [0, 0.1) is 0 Å². The molecule has 0 fully saturated rings. The number of amides is 1. The largest absolute Gasteiger partial charge is 0.329 e. The van der Waals surface area contributed by atoms with Crippen LogP contribution >= 0.6 is 11.6 Å². The van der Waals surface area contributed by atoms with Crippen LogP contribution in [0.25, 0.3) is 11.0 Å². The first kappa shape index (κ1) is 14.9. The molecule has 1 amide bonds. The van der Waals surface area contributed by atoms with Crippen molar-refractivity contribution < 1.29 is 4.79 Å². The molecule has 0 saturated heterocycles. The minimum Gasteiger partial charge on any atom is -0.326 e. The van der Waals surface area contributed by atoms with E-state index in [0.29, 0.717) is 12.4 Å². The van der Waals surface area contributed by atoms with E-state index >= 15 is 0 Å². The normalized spacial score (nSPS) is 13.9. The topological polar surface area (TPSA) is 56.0 Å². The van der Waals surface area contributed by atoms with Gasteiger partial charge in [-0.3, -0.25) is 13.9 Å². The van der Waals surface area contributed by atoms with Crippen LogP contribution in [0.1, 0.15) is 18.9 Å². The fourth-order valence-corrected chi connectivity index (χ4v) is 3.19. The minimum atomic E-state index is -0.113. The predicted molar refractivity (Wildman–Crippen MR) is 88.7 cm³/mol. The van der Waals surface area contributed by atoms with Crippen LogP contribution in [0.3, 0.4) is 0 Å². The van der Waals surface area contributed by atoms with E-state index in [9.17, 15) is 9.59 Å². The third-order valence-electron chi connectivity index (χ3n) is 3.88. The molecule has 116 valence electrons.